The van der Waals surface area contributed by atoms with Crippen molar-refractivity contribution in [3.8, 4) is 16.9 Å². The summed E-state index contributed by atoms with van der Waals surface area (Å²) in [4.78, 5) is 16.3. The summed E-state index contributed by atoms with van der Waals surface area (Å²) in [5.74, 6) is 0.718. The molecule has 6 heterocycles. The zero-order valence-corrected chi connectivity index (χ0v) is 29.9. The molecule has 0 spiro atoms. The van der Waals surface area contributed by atoms with Crippen molar-refractivity contribution in [2.24, 2.45) is 14.1 Å². The first-order valence-corrected chi connectivity index (χ1v) is 18.6. The van der Waals surface area contributed by atoms with Crippen LogP contribution in [0.25, 0.3) is 22.0 Å². The van der Waals surface area contributed by atoms with Crippen LogP contribution in [0, 0.1) is 0 Å². The minimum absolute atomic E-state index is 0.295. The van der Waals surface area contributed by atoms with Crippen LogP contribution in [0.4, 0.5) is 5.69 Å². The van der Waals surface area contributed by atoms with E-state index in [1.165, 1.54) is 21.8 Å². The molecule has 0 radical (unpaired) electrons. The average Bonchev–Trinajstić information content (AvgIpc) is 3.71. The zero-order valence-electron chi connectivity index (χ0n) is 28.3. The maximum absolute atomic E-state index is 12.9. The number of aromatic nitrogens is 5. The van der Waals surface area contributed by atoms with E-state index in [4.69, 9.17) is 26.5 Å². The molecule has 49 heavy (non-hydrogen) atoms. The van der Waals surface area contributed by atoms with Gasteiger partial charge in [-0.15, -0.1) is 11.8 Å². The molecule has 0 atom stereocenters. The van der Waals surface area contributed by atoms with Crippen LogP contribution >= 0.6 is 23.4 Å². The van der Waals surface area contributed by atoms with Gasteiger partial charge in [0.2, 0.25) is 0 Å². The summed E-state index contributed by atoms with van der Waals surface area (Å²) in [6.45, 7) is 3.53. The Bertz CT molecular complexity index is 2100. The molecular weight excluding hydrogens is 658 g/mol. The van der Waals surface area contributed by atoms with Gasteiger partial charge in [-0.3, -0.25) is 14.3 Å². The Morgan fingerprint density at radius 3 is 2.73 bits per heavy atom. The summed E-state index contributed by atoms with van der Waals surface area (Å²) in [6.07, 6.45) is 6.40. The number of rotatable bonds is 1. The van der Waals surface area contributed by atoms with E-state index < -0.39 is 5.97 Å². The molecule has 2 aromatic carbocycles. The molecule has 0 fully saturated rings. The highest BCUT2D eigenvalue weighted by molar-refractivity contribution is 7.98. The third kappa shape index (κ3) is 5.89. The number of carboxylic acid groups (broad SMARTS) is 1. The number of nitrogens with zero attached hydrogens (tertiary/aromatic N) is 6. The summed E-state index contributed by atoms with van der Waals surface area (Å²) in [5.41, 5.74) is 10.5. The number of anilines is 1. The molecule has 5 aromatic rings. The molecule has 0 saturated carbocycles. The first-order chi connectivity index (χ1) is 23.8. The lowest BCUT2D eigenvalue weighted by molar-refractivity contribution is 0.0685. The number of ether oxygens (including phenoxy) is 1. The molecule has 3 aliphatic heterocycles. The van der Waals surface area contributed by atoms with Crippen LogP contribution in [0.1, 0.15) is 70.1 Å². The normalized spacial score (nSPS) is 17.1. The molecule has 10 nitrogen and oxygen atoms in total. The Hall–Kier alpha value is -3.93. The van der Waals surface area contributed by atoms with Crippen LogP contribution in [0.15, 0.2) is 35.2 Å². The van der Waals surface area contributed by atoms with E-state index in [0.29, 0.717) is 43.3 Å². The molecule has 0 saturated heterocycles. The summed E-state index contributed by atoms with van der Waals surface area (Å²) in [5, 5.41) is 25.7. The Balaban J connectivity index is 1.27. The third-order valence-electron chi connectivity index (χ3n) is 10.2. The van der Waals surface area contributed by atoms with Gasteiger partial charge in [-0.1, -0.05) is 17.7 Å². The Labute approximate surface area is 295 Å². The molecule has 256 valence electrons. The van der Waals surface area contributed by atoms with E-state index >= 15 is 0 Å². The van der Waals surface area contributed by atoms with Gasteiger partial charge in [-0.25, -0.2) is 4.79 Å². The number of aromatic carboxylic acids is 1. The van der Waals surface area contributed by atoms with Gasteiger partial charge in [0.15, 0.2) is 0 Å². The summed E-state index contributed by atoms with van der Waals surface area (Å²) in [7, 11) is 5.98. The summed E-state index contributed by atoms with van der Waals surface area (Å²) < 4.78 is 12.5. The number of carboxylic acids is 1. The number of thioether (sulfide) groups is 1. The monoisotopic (exact) mass is 699 g/mol. The van der Waals surface area contributed by atoms with Crippen LogP contribution in [0.3, 0.4) is 0 Å². The summed E-state index contributed by atoms with van der Waals surface area (Å²) >= 11 is 8.93. The largest absolute Gasteiger partial charge is 0.491 e. The van der Waals surface area contributed by atoms with Crippen LogP contribution in [0.2, 0.25) is 5.02 Å². The predicted octanol–water partition coefficient (Wildman–Crippen LogP) is 7.07. The van der Waals surface area contributed by atoms with E-state index in [0.717, 1.165) is 101 Å². The van der Waals surface area contributed by atoms with E-state index in [9.17, 15) is 9.90 Å². The molecule has 0 unspecified atom stereocenters. The van der Waals surface area contributed by atoms with Gasteiger partial charge in [0, 0.05) is 78.8 Å². The molecule has 3 aliphatic rings. The second kappa shape index (κ2) is 13.1. The maximum atomic E-state index is 12.9. The molecule has 3 aromatic heterocycles. The lowest BCUT2D eigenvalue weighted by Gasteiger charge is -2.22. The second-order valence-electron chi connectivity index (χ2n) is 13.6. The molecule has 8 rings (SSSR count). The molecular formula is C37H42ClN7O3S. The summed E-state index contributed by atoms with van der Waals surface area (Å²) in [6, 6.07) is 10.6. The van der Waals surface area contributed by atoms with Crippen LogP contribution in [-0.4, -0.2) is 60.3 Å². The number of hydrogen-bond donors (Lipinski definition) is 2. The first-order valence-electron chi connectivity index (χ1n) is 17.3. The van der Waals surface area contributed by atoms with E-state index in [-0.39, 0.29) is 0 Å². The number of nitrogens with one attached hydrogen (secondary N) is 1. The SMILES string of the molecule is CN1Cc2cc(n(C)n2)CSc2cc3c(c(c2)OCCCc2c(C(=O)O)n(C)c4c(c(Cl)ccc24)-c2c(nn4c2CCCC4)C1)NCCC3. The smallest absolute Gasteiger partial charge is 0.352 e. The first kappa shape index (κ1) is 32.3. The topological polar surface area (TPSA) is 102 Å². The fraction of sp³-hybridized carbons (Fsp3) is 0.432. The number of aryl methyl sites for hydroxylation is 5. The fourth-order valence-electron chi connectivity index (χ4n) is 8.00. The fourth-order valence-corrected chi connectivity index (χ4v) is 9.25. The van der Waals surface area contributed by atoms with Gasteiger partial charge in [0.1, 0.15) is 11.4 Å². The number of halogens is 1. The molecule has 12 heteroatoms. The number of carbonyl (C=O) groups is 1. The van der Waals surface area contributed by atoms with E-state index in [2.05, 4.69) is 40.1 Å². The second-order valence-corrected chi connectivity index (χ2v) is 15.1. The van der Waals surface area contributed by atoms with Gasteiger partial charge >= 0.3 is 5.97 Å². The van der Waals surface area contributed by atoms with Crippen molar-refractivity contribution >= 4 is 45.9 Å². The highest BCUT2D eigenvalue weighted by Gasteiger charge is 2.30. The maximum Gasteiger partial charge on any atom is 0.352 e. The Morgan fingerprint density at radius 1 is 1.00 bits per heavy atom. The third-order valence-corrected chi connectivity index (χ3v) is 11.5. The van der Waals surface area contributed by atoms with E-state index in [1.54, 1.807) is 11.8 Å². The van der Waals surface area contributed by atoms with Crippen molar-refractivity contribution in [3.05, 3.63) is 75.0 Å². The van der Waals surface area contributed by atoms with Crippen molar-refractivity contribution in [1.29, 1.82) is 0 Å². The molecule has 8 bridgehead atoms. The highest BCUT2D eigenvalue weighted by atomic mass is 35.5. The van der Waals surface area contributed by atoms with Gasteiger partial charge < -0.3 is 19.7 Å². The molecule has 0 amide bonds. The van der Waals surface area contributed by atoms with Crippen LogP contribution in [0.5, 0.6) is 5.75 Å². The Kier molecular flexibility index (Phi) is 8.62. The predicted molar refractivity (Wildman–Crippen MR) is 194 cm³/mol. The number of fused-ring (bicyclic) bond motifs is 10. The van der Waals surface area contributed by atoms with Gasteiger partial charge in [-0.2, -0.15) is 10.2 Å². The minimum atomic E-state index is -0.944. The minimum Gasteiger partial charge on any atom is -0.491 e. The van der Waals surface area contributed by atoms with Crippen molar-refractivity contribution in [1.82, 2.24) is 29.0 Å². The zero-order chi connectivity index (χ0) is 33.8. The molecule has 2 N–H and O–H groups in total. The van der Waals surface area contributed by atoms with Gasteiger partial charge in [-0.05, 0) is 87.4 Å². The van der Waals surface area contributed by atoms with Crippen molar-refractivity contribution in [3.63, 3.8) is 0 Å². The van der Waals surface area contributed by atoms with Gasteiger partial charge in [0.05, 0.1) is 34.2 Å². The lowest BCUT2D eigenvalue weighted by atomic mass is 9.95. The van der Waals surface area contributed by atoms with Crippen LogP contribution in [-0.2, 0) is 58.7 Å². The Morgan fingerprint density at radius 2 is 1.88 bits per heavy atom. The van der Waals surface area contributed by atoms with Crippen molar-refractivity contribution in [2.45, 2.75) is 75.2 Å². The van der Waals surface area contributed by atoms with E-state index in [1.807, 2.05) is 35.5 Å². The molecule has 0 aliphatic carbocycles. The van der Waals surface area contributed by atoms with Crippen molar-refractivity contribution < 1.29 is 14.6 Å². The number of benzene rings is 2. The quantitative estimate of drug-likeness (QED) is 0.192. The van der Waals surface area contributed by atoms with Gasteiger partial charge in [0.25, 0.3) is 0 Å². The van der Waals surface area contributed by atoms with Crippen LogP contribution < -0.4 is 10.1 Å². The average molecular weight is 700 g/mol. The lowest BCUT2D eigenvalue weighted by Crippen LogP contribution is -2.18. The van der Waals surface area contributed by atoms with Crippen molar-refractivity contribution in [2.75, 3.05) is 25.5 Å². The highest BCUT2D eigenvalue weighted by Crippen LogP contribution is 2.44. The number of hydrogen-bond acceptors (Lipinski definition) is 7. The standard InChI is InChI=1S/C37H42ClN7O3S/c1-42-19-23-17-24(44(3)40-23)21-49-25-16-22-8-6-13-39-34(22)31(18-25)48-15-7-9-26-27-11-12-28(38)32(35(27)43(2)36(26)37(46)47)33-29(20-42)41-45-14-5-4-10-30(33)45/h11-12,16-18,39H,4-10,13-15,19-21H2,1-3H3,(H,46,47).